The fraction of sp³-hybridized carbons (Fsp3) is 0.143. The third-order valence-corrected chi connectivity index (χ3v) is 3.25. The summed E-state index contributed by atoms with van der Waals surface area (Å²) in [6.45, 7) is 0.370. The van der Waals surface area contributed by atoms with E-state index in [0.29, 0.717) is 17.3 Å². The number of benzene rings is 2. The maximum atomic E-state index is 13.7. The first kappa shape index (κ1) is 12.2. The van der Waals surface area contributed by atoms with Crippen LogP contribution in [0.4, 0.5) is 14.5 Å². The molecule has 1 atom stereocenters. The van der Waals surface area contributed by atoms with E-state index in [0.717, 1.165) is 11.8 Å². The molecule has 0 saturated carbocycles. The van der Waals surface area contributed by atoms with E-state index in [1.54, 1.807) is 18.2 Å². The maximum absolute atomic E-state index is 13.7. The second kappa shape index (κ2) is 4.70. The normalized spacial score (nSPS) is 17.3. The van der Waals surface area contributed by atoms with Crippen LogP contribution in [-0.2, 0) is 0 Å². The number of ether oxygens (including phenoxy) is 1. The third-order valence-electron chi connectivity index (χ3n) is 3.02. The molecule has 0 bridgehead atoms. The van der Waals surface area contributed by atoms with Crippen molar-refractivity contribution >= 4 is 17.3 Å². The summed E-state index contributed by atoms with van der Waals surface area (Å²) in [5.74, 6) is -1.22. The van der Waals surface area contributed by atoms with Gasteiger partial charge in [0.1, 0.15) is 11.9 Å². The minimum atomic E-state index is -0.877. The summed E-state index contributed by atoms with van der Waals surface area (Å²) in [6, 6.07) is 9.23. The van der Waals surface area contributed by atoms with E-state index < -0.39 is 17.7 Å². The lowest BCUT2D eigenvalue weighted by molar-refractivity contribution is 0.204. The number of fused-ring (bicyclic) bond motifs is 1. The average molecular weight is 282 g/mol. The lowest BCUT2D eigenvalue weighted by atomic mass is 10.1. The molecule has 1 aliphatic rings. The molecule has 0 saturated heterocycles. The largest absolute Gasteiger partial charge is 0.482 e. The van der Waals surface area contributed by atoms with E-state index in [1.807, 2.05) is 0 Å². The van der Waals surface area contributed by atoms with Crippen molar-refractivity contribution in [1.82, 2.24) is 0 Å². The predicted octanol–water partition coefficient (Wildman–Crippen LogP) is 4.16. The van der Waals surface area contributed by atoms with Crippen LogP contribution in [-0.4, -0.2) is 6.54 Å². The summed E-state index contributed by atoms with van der Waals surface area (Å²) in [7, 11) is 0. The second-order valence-corrected chi connectivity index (χ2v) is 4.71. The molecule has 2 aromatic carbocycles. The van der Waals surface area contributed by atoms with E-state index in [9.17, 15) is 8.78 Å². The van der Waals surface area contributed by atoms with Crippen LogP contribution in [0.5, 0.6) is 5.75 Å². The summed E-state index contributed by atoms with van der Waals surface area (Å²) in [6.07, 6.45) is -0.582. The second-order valence-electron chi connectivity index (χ2n) is 4.27. The zero-order valence-corrected chi connectivity index (χ0v) is 10.5. The number of anilines is 1. The third kappa shape index (κ3) is 2.24. The van der Waals surface area contributed by atoms with Gasteiger partial charge in [-0.3, -0.25) is 0 Å². The monoisotopic (exact) mass is 281 g/mol. The van der Waals surface area contributed by atoms with Crippen LogP contribution in [0.1, 0.15) is 11.7 Å². The van der Waals surface area contributed by atoms with E-state index in [2.05, 4.69) is 5.32 Å². The first-order valence-corrected chi connectivity index (χ1v) is 6.17. The highest BCUT2D eigenvalue weighted by Crippen LogP contribution is 2.36. The number of nitrogens with one attached hydrogen (secondary N) is 1. The summed E-state index contributed by atoms with van der Waals surface area (Å²) < 4.78 is 32.6. The minimum absolute atomic E-state index is 0.193. The molecule has 0 spiro atoms. The highest BCUT2D eigenvalue weighted by molar-refractivity contribution is 6.30. The molecule has 0 fully saturated rings. The smallest absolute Gasteiger partial charge is 0.165 e. The molecule has 1 aliphatic heterocycles. The van der Waals surface area contributed by atoms with Gasteiger partial charge in [-0.05, 0) is 18.2 Å². The van der Waals surface area contributed by atoms with Crippen LogP contribution < -0.4 is 10.1 Å². The molecule has 3 rings (SSSR count). The quantitative estimate of drug-likeness (QED) is 0.847. The topological polar surface area (TPSA) is 21.3 Å². The molecular weight excluding hydrogens is 272 g/mol. The first-order valence-electron chi connectivity index (χ1n) is 5.79. The van der Waals surface area contributed by atoms with Gasteiger partial charge in [0, 0.05) is 16.7 Å². The van der Waals surface area contributed by atoms with Crippen LogP contribution in [0.3, 0.4) is 0 Å². The molecule has 0 radical (unpaired) electrons. The minimum Gasteiger partial charge on any atom is -0.482 e. The summed E-state index contributed by atoms with van der Waals surface area (Å²) >= 11 is 5.89. The molecule has 98 valence electrons. The van der Waals surface area contributed by atoms with Gasteiger partial charge in [0.2, 0.25) is 0 Å². The molecule has 2 nitrogen and oxygen atoms in total. The van der Waals surface area contributed by atoms with Crippen LogP contribution in [0, 0.1) is 11.6 Å². The summed E-state index contributed by atoms with van der Waals surface area (Å²) in [4.78, 5) is 0. The van der Waals surface area contributed by atoms with Crippen molar-refractivity contribution in [3.63, 3.8) is 0 Å². The zero-order chi connectivity index (χ0) is 13.4. The molecule has 1 N–H and O–H groups in total. The van der Waals surface area contributed by atoms with E-state index in [-0.39, 0.29) is 5.56 Å². The number of halogens is 3. The van der Waals surface area contributed by atoms with E-state index >= 15 is 0 Å². The average Bonchev–Trinajstić information content (AvgIpc) is 2.41. The fourth-order valence-corrected chi connectivity index (χ4v) is 2.24. The Morgan fingerprint density at radius 3 is 2.89 bits per heavy atom. The Bertz CT molecular complexity index is 633. The van der Waals surface area contributed by atoms with Gasteiger partial charge in [-0.1, -0.05) is 23.7 Å². The van der Waals surface area contributed by atoms with Gasteiger partial charge in [-0.15, -0.1) is 0 Å². The van der Waals surface area contributed by atoms with Crippen LogP contribution in [0.15, 0.2) is 36.4 Å². The van der Waals surface area contributed by atoms with Crippen molar-refractivity contribution in [2.24, 2.45) is 0 Å². The summed E-state index contributed by atoms with van der Waals surface area (Å²) in [5, 5.41) is 3.64. The molecule has 0 aromatic heterocycles. The fourth-order valence-electron chi connectivity index (χ4n) is 2.08. The lowest BCUT2D eigenvalue weighted by Gasteiger charge is -2.28. The molecule has 19 heavy (non-hydrogen) atoms. The molecule has 0 amide bonds. The van der Waals surface area contributed by atoms with Crippen molar-refractivity contribution in [3.8, 4) is 5.75 Å². The van der Waals surface area contributed by atoms with E-state index in [1.165, 1.54) is 12.1 Å². The standard InChI is InChI=1S/C14H10ClF2NO/c15-8-4-5-11-12(6-8)19-13(7-18-11)9-2-1-3-10(16)14(9)17/h1-6,13,18H,7H2. The van der Waals surface area contributed by atoms with Gasteiger partial charge in [0.15, 0.2) is 11.6 Å². The first-order chi connectivity index (χ1) is 9.15. The maximum Gasteiger partial charge on any atom is 0.165 e. The van der Waals surface area contributed by atoms with Crippen LogP contribution in [0.2, 0.25) is 5.02 Å². The predicted molar refractivity (Wildman–Crippen MR) is 69.7 cm³/mol. The van der Waals surface area contributed by atoms with Crippen molar-refractivity contribution < 1.29 is 13.5 Å². The van der Waals surface area contributed by atoms with E-state index in [4.69, 9.17) is 16.3 Å². The Hall–Kier alpha value is -1.81. The van der Waals surface area contributed by atoms with Crippen molar-refractivity contribution in [2.75, 3.05) is 11.9 Å². The lowest BCUT2D eigenvalue weighted by Crippen LogP contribution is -2.24. The Labute approximate surface area is 114 Å². The number of hydrogen-bond donors (Lipinski definition) is 1. The van der Waals surface area contributed by atoms with Gasteiger partial charge in [-0.2, -0.15) is 0 Å². The molecule has 1 unspecified atom stereocenters. The van der Waals surface area contributed by atoms with Gasteiger partial charge >= 0.3 is 0 Å². The van der Waals surface area contributed by atoms with Crippen molar-refractivity contribution in [3.05, 3.63) is 58.6 Å². The van der Waals surface area contributed by atoms with Gasteiger partial charge in [-0.25, -0.2) is 8.78 Å². The molecule has 1 heterocycles. The van der Waals surface area contributed by atoms with Crippen molar-refractivity contribution in [1.29, 1.82) is 0 Å². The molecule has 0 aliphatic carbocycles. The van der Waals surface area contributed by atoms with Gasteiger partial charge in [0.05, 0.1) is 12.2 Å². The van der Waals surface area contributed by atoms with Crippen LogP contribution >= 0.6 is 11.6 Å². The van der Waals surface area contributed by atoms with Gasteiger partial charge in [0.25, 0.3) is 0 Å². The Morgan fingerprint density at radius 1 is 1.21 bits per heavy atom. The molecule has 5 heteroatoms. The number of hydrogen-bond acceptors (Lipinski definition) is 2. The van der Waals surface area contributed by atoms with Gasteiger partial charge < -0.3 is 10.1 Å². The van der Waals surface area contributed by atoms with Crippen molar-refractivity contribution in [2.45, 2.75) is 6.10 Å². The number of rotatable bonds is 1. The highest BCUT2D eigenvalue weighted by Gasteiger charge is 2.24. The Kier molecular flexibility index (Phi) is 3.03. The highest BCUT2D eigenvalue weighted by atomic mass is 35.5. The van der Waals surface area contributed by atoms with Crippen LogP contribution in [0.25, 0.3) is 0 Å². The summed E-state index contributed by atoms with van der Waals surface area (Å²) in [5.41, 5.74) is 0.982. The molecular formula is C14H10ClF2NO. The zero-order valence-electron chi connectivity index (χ0n) is 9.79. The Balaban J connectivity index is 1.95. The SMILES string of the molecule is Fc1cccc(C2CNc3ccc(Cl)cc3O2)c1F. The Morgan fingerprint density at radius 2 is 2.05 bits per heavy atom. The molecule has 2 aromatic rings.